The molecule has 0 amide bonds. The third kappa shape index (κ3) is 3.36. The van der Waals surface area contributed by atoms with Gasteiger partial charge in [-0.15, -0.1) is 0 Å². The summed E-state index contributed by atoms with van der Waals surface area (Å²) in [5, 5.41) is 3.12. The van der Waals surface area contributed by atoms with Gasteiger partial charge in [0.25, 0.3) is 0 Å². The molecule has 0 fully saturated rings. The molecular weight excluding hydrogens is 338 g/mol. The molecule has 0 atom stereocenters. The Kier molecular flexibility index (Phi) is 5.21. The Morgan fingerprint density at radius 2 is 1.81 bits per heavy atom. The standard InChI is InChI=1S/C14H16BrN3O3/c1-4-16-13-11(15)14(18-8-17-13)21-12-9(19-2)6-5-7-10(12)20-3/h5-8H,4H2,1-3H3,(H,16,17,18). The number of anilines is 1. The number of ether oxygens (including phenoxy) is 3. The molecule has 0 aliphatic heterocycles. The van der Waals surface area contributed by atoms with E-state index in [0.29, 0.717) is 33.4 Å². The van der Waals surface area contributed by atoms with Crippen LogP contribution in [0.4, 0.5) is 5.82 Å². The van der Waals surface area contributed by atoms with Crippen molar-refractivity contribution in [2.45, 2.75) is 6.92 Å². The summed E-state index contributed by atoms with van der Waals surface area (Å²) in [4.78, 5) is 8.28. The molecule has 0 aliphatic carbocycles. The molecule has 1 heterocycles. The van der Waals surface area contributed by atoms with Gasteiger partial charge in [0.15, 0.2) is 11.5 Å². The van der Waals surface area contributed by atoms with E-state index in [2.05, 4.69) is 31.2 Å². The largest absolute Gasteiger partial charge is 0.493 e. The predicted molar refractivity (Wildman–Crippen MR) is 83.5 cm³/mol. The topological polar surface area (TPSA) is 65.5 Å². The van der Waals surface area contributed by atoms with Crippen LogP contribution in [0.25, 0.3) is 0 Å². The summed E-state index contributed by atoms with van der Waals surface area (Å²) in [5.41, 5.74) is 0. The predicted octanol–water partition coefficient (Wildman–Crippen LogP) is 3.48. The number of hydrogen-bond donors (Lipinski definition) is 1. The van der Waals surface area contributed by atoms with Crippen LogP contribution in [0.2, 0.25) is 0 Å². The van der Waals surface area contributed by atoms with Gasteiger partial charge in [0.1, 0.15) is 16.6 Å². The van der Waals surface area contributed by atoms with Gasteiger partial charge in [-0.1, -0.05) is 6.07 Å². The van der Waals surface area contributed by atoms with Gasteiger partial charge in [-0.2, -0.15) is 0 Å². The SMILES string of the molecule is CCNc1ncnc(Oc2c(OC)cccc2OC)c1Br. The molecule has 0 aliphatic rings. The normalized spacial score (nSPS) is 10.1. The second-order valence-electron chi connectivity index (χ2n) is 3.97. The van der Waals surface area contributed by atoms with Crippen molar-refractivity contribution in [3.63, 3.8) is 0 Å². The highest BCUT2D eigenvalue weighted by Crippen LogP contribution is 2.41. The van der Waals surface area contributed by atoms with Gasteiger partial charge in [0, 0.05) is 6.54 Å². The minimum Gasteiger partial charge on any atom is -0.493 e. The maximum Gasteiger partial charge on any atom is 0.239 e. The monoisotopic (exact) mass is 353 g/mol. The van der Waals surface area contributed by atoms with Gasteiger partial charge in [0.05, 0.1) is 14.2 Å². The van der Waals surface area contributed by atoms with Gasteiger partial charge in [-0.05, 0) is 35.0 Å². The van der Waals surface area contributed by atoms with Gasteiger partial charge < -0.3 is 19.5 Å². The van der Waals surface area contributed by atoms with E-state index in [1.54, 1.807) is 26.4 Å². The number of aromatic nitrogens is 2. The lowest BCUT2D eigenvalue weighted by Crippen LogP contribution is -2.03. The van der Waals surface area contributed by atoms with E-state index in [1.165, 1.54) is 6.33 Å². The summed E-state index contributed by atoms with van der Waals surface area (Å²) >= 11 is 3.44. The number of benzene rings is 1. The molecular formula is C14H16BrN3O3. The highest BCUT2D eigenvalue weighted by atomic mass is 79.9. The zero-order valence-electron chi connectivity index (χ0n) is 12.0. The third-order valence-corrected chi connectivity index (χ3v) is 3.40. The molecule has 0 unspecified atom stereocenters. The highest BCUT2D eigenvalue weighted by molar-refractivity contribution is 9.10. The first kappa shape index (κ1) is 15.4. The first-order chi connectivity index (χ1) is 10.2. The van der Waals surface area contributed by atoms with Crippen molar-refractivity contribution in [1.82, 2.24) is 9.97 Å². The number of para-hydroxylation sites is 1. The summed E-state index contributed by atoms with van der Waals surface area (Å²) in [5.74, 6) is 2.62. The number of methoxy groups -OCH3 is 2. The van der Waals surface area contributed by atoms with Crippen LogP contribution in [0.1, 0.15) is 6.92 Å². The van der Waals surface area contributed by atoms with Crippen molar-refractivity contribution in [1.29, 1.82) is 0 Å². The molecule has 7 heteroatoms. The van der Waals surface area contributed by atoms with E-state index >= 15 is 0 Å². The van der Waals surface area contributed by atoms with E-state index in [-0.39, 0.29) is 0 Å². The molecule has 2 rings (SSSR count). The summed E-state index contributed by atoms with van der Waals surface area (Å²) in [6.45, 7) is 2.73. The van der Waals surface area contributed by atoms with Crippen molar-refractivity contribution in [2.75, 3.05) is 26.1 Å². The minimum absolute atomic E-state index is 0.378. The molecule has 0 radical (unpaired) electrons. The van der Waals surface area contributed by atoms with Crippen molar-refractivity contribution in [2.24, 2.45) is 0 Å². The van der Waals surface area contributed by atoms with Crippen LogP contribution < -0.4 is 19.5 Å². The lowest BCUT2D eigenvalue weighted by molar-refractivity contribution is 0.341. The molecule has 112 valence electrons. The van der Waals surface area contributed by atoms with E-state index in [0.717, 1.165) is 6.54 Å². The molecule has 0 saturated heterocycles. The molecule has 1 N–H and O–H groups in total. The Bertz CT molecular complexity index is 600. The quantitative estimate of drug-likeness (QED) is 0.857. The van der Waals surface area contributed by atoms with Crippen LogP contribution in [0, 0.1) is 0 Å². The highest BCUT2D eigenvalue weighted by Gasteiger charge is 2.16. The van der Waals surface area contributed by atoms with Crippen LogP contribution in [0.5, 0.6) is 23.1 Å². The van der Waals surface area contributed by atoms with Crippen LogP contribution in [0.3, 0.4) is 0 Å². The Balaban J connectivity index is 2.40. The Morgan fingerprint density at radius 1 is 1.14 bits per heavy atom. The number of nitrogens with zero attached hydrogens (tertiary/aromatic N) is 2. The number of halogens is 1. The molecule has 0 bridgehead atoms. The van der Waals surface area contributed by atoms with Crippen LogP contribution in [-0.2, 0) is 0 Å². The van der Waals surface area contributed by atoms with Crippen LogP contribution >= 0.6 is 15.9 Å². The van der Waals surface area contributed by atoms with Gasteiger partial charge in [0.2, 0.25) is 11.6 Å². The average Bonchev–Trinajstić information content (AvgIpc) is 2.51. The average molecular weight is 354 g/mol. The molecule has 0 saturated carbocycles. The van der Waals surface area contributed by atoms with Gasteiger partial charge in [-0.3, -0.25) is 0 Å². The first-order valence-corrected chi connectivity index (χ1v) is 7.13. The van der Waals surface area contributed by atoms with Crippen molar-refractivity contribution >= 4 is 21.7 Å². The summed E-state index contributed by atoms with van der Waals surface area (Å²) in [6, 6.07) is 5.40. The Hall–Kier alpha value is -2.02. The summed E-state index contributed by atoms with van der Waals surface area (Å²) < 4.78 is 17.1. The van der Waals surface area contributed by atoms with E-state index in [4.69, 9.17) is 14.2 Å². The fourth-order valence-corrected chi connectivity index (χ4v) is 2.16. The second kappa shape index (κ2) is 7.12. The third-order valence-electron chi connectivity index (χ3n) is 2.68. The van der Waals surface area contributed by atoms with Gasteiger partial charge in [-0.25, -0.2) is 9.97 Å². The summed E-state index contributed by atoms with van der Waals surface area (Å²) in [7, 11) is 3.14. The van der Waals surface area contributed by atoms with E-state index in [1.807, 2.05) is 13.0 Å². The van der Waals surface area contributed by atoms with E-state index in [9.17, 15) is 0 Å². The van der Waals surface area contributed by atoms with Crippen molar-refractivity contribution in [3.8, 4) is 23.1 Å². The molecule has 2 aromatic rings. The maximum atomic E-state index is 5.85. The van der Waals surface area contributed by atoms with Crippen molar-refractivity contribution in [3.05, 3.63) is 29.0 Å². The molecule has 6 nitrogen and oxygen atoms in total. The zero-order valence-corrected chi connectivity index (χ0v) is 13.6. The zero-order chi connectivity index (χ0) is 15.2. The second-order valence-corrected chi connectivity index (χ2v) is 4.76. The first-order valence-electron chi connectivity index (χ1n) is 6.34. The summed E-state index contributed by atoms with van der Waals surface area (Å²) in [6.07, 6.45) is 1.43. The fourth-order valence-electron chi connectivity index (χ4n) is 1.73. The lowest BCUT2D eigenvalue weighted by atomic mass is 10.3. The van der Waals surface area contributed by atoms with Crippen molar-refractivity contribution < 1.29 is 14.2 Å². The minimum atomic E-state index is 0.378. The van der Waals surface area contributed by atoms with Crippen LogP contribution in [0.15, 0.2) is 29.0 Å². The number of rotatable bonds is 6. The Morgan fingerprint density at radius 3 is 2.38 bits per heavy atom. The molecule has 21 heavy (non-hydrogen) atoms. The Labute approximate surface area is 131 Å². The molecule has 1 aromatic carbocycles. The van der Waals surface area contributed by atoms with Crippen LogP contribution in [-0.4, -0.2) is 30.7 Å². The van der Waals surface area contributed by atoms with Gasteiger partial charge >= 0.3 is 0 Å². The fraction of sp³-hybridized carbons (Fsp3) is 0.286. The molecule has 0 spiro atoms. The molecule has 1 aromatic heterocycles. The number of hydrogen-bond acceptors (Lipinski definition) is 6. The maximum absolute atomic E-state index is 5.85. The van der Waals surface area contributed by atoms with E-state index < -0.39 is 0 Å². The smallest absolute Gasteiger partial charge is 0.239 e. The lowest BCUT2D eigenvalue weighted by Gasteiger charge is -2.14. The number of nitrogens with one attached hydrogen (secondary N) is 1.